The van der Waals surface area contributed by atoms with E-state index in [1.807, 2.05) is 0 Å². The highest BCUT2D eigenvalue weighted by molar-refractivity contribution is 6.30. The molecule has 1 atom stereocenters. The molecule has 2 nitrogen and oxygen atoms in total. The summed E-state index contributed by atoms with van der Waals surface area (Å²) in [6, 6.07) is 9.46. The Hall–Kier alpha value is -1.58. The summed E-state index contributed by atoms with van der Waals surface area (Å²) in [5.41, 5.74) is 7.69. The highest BCUT2D eigenvalue weighted by Crippen LogP contribution is 2.29. The maximum Gasteiger partial charge on any atom is 0.126 e. The first-order chi connectivity index (χ1) is 8.49. The van der Waals surface area contributed by atoms with Crippen LogP contribution in [0.2, 0.25) is 5.02 Å². The Morgan fingerprint density at radius 1 is 1.22 bits per heavy atom. The molecule has 0 saturated carbocycles. The molecule has 0 aromatic heterocycles. The zero-order valence-corrected chi connectivity index (χ0v) is 10.6. The van der Waals surface area contributed by atoms with Crippen molar-refractivity contribution in [2.45, 2.75) is 13.0 Å². The molecule has 2 aromatic carbocycles. The average molecular weight is 266 g/mol. The second kappa shape index (κ2) is 4.96. The monoisotopic (exact) mass is 265 g/mol. The van der Waals surface area contributed by atoms with Crippen LogP contribution in [0.4, 0.5) is 10.1 Å². The molecule has 0 fully saturated rings. The Morgan fingerprint density at radius 3 is 2.56 bits per heavy atom. The summed E-state index contributed by atoms with van der Waals surface area (Å²) in [5, 5.41) is 10.7. The molecular weight excluding hydrogens is 253 g/mol. The molecule has 4 heteroatoms. The number of hydrogen-bond donors (Lipinski definition) is 2. The molecule has 3 N–H and O–H groups in total. The Balaban J connectivity index is 2.41. The molecule has 0 aliphatic carbocycles. The van der Waals surface area contributed by atoms with Crippen LogP contribution in [0.1, 0.15) is 22.8 Å². The normalized spacial score (nSPS) is 12.4. The highest BCUT2D eigenvalue weighted by atomic mass is 35.5. The lowest BCUT2D eigenvalue weighted by Crippen LogP contribution is -2.04. The number of aliphatic hydroxyl groups excluding tert-OH is 1. The predicted octanol–water partition coefficient (Wildman–Crippen LogP) is 3.45. The molecule has 0 heterocycles. The zero-order chi connectivity index (χ0) is 13.3. The maximum absolute atomic E-state index is 13.5. The van der Waals surface area contributed by atoms with E-state index in [9.17, 15) is 9.50 Å². The zero-order valence-electron chi connectivity index (χ0n) is 9.82. The molecule has 0 spiro atoms. The van der Waals surface area contributed by atoms with Crippen molar-refractivity contribution in [3.8, 4) is 0 Å². The quantitative estimate of drug-likeness (QED) is 0.817. The molecule has 2 aromatic rings. The molecule has 2 rings (SSSR count). The number of nitrogens with two attached hydrogens (primary N) is 1. The van der Waals surface area contributed by atoms with Crippen LogP contribution in [0.25, 0.3) is 0 Å². The molecule has 18 heavy (non-hydrogen) atoms. The first-order valence-electron chi connectivity index (χ1n) is 5.48. The third-order valence-electron chi connectivity index (χ3n) is 2.86. The first kappa shape index (κ1) is 12.9. The Morgan fingerprint density at radius 2 is 1.94 bits per heavy atom. The minimum atomic E-state index is -0.961. The van der Waals surface area contributed by atoms with Crippen LogP contribution in [0, 0.1) is 12.7 Å². The summed E-state index contributed by atoms with van der Waals surface area (Å²) >= 11 is 5.79. The van der Waals surface area contributed by atoms with Gasteiger partial charge in [-0.25, -0.2) is 4.39 Å². The van der Waals surface area contributed by atoms with Gasteiger partial charge in [-0.15, -0.1) is 0 Å². The summed E-state index contributed by atoms with van der Waals surface area (Å²) in [5.74, 6) is -0.348. The molecule has 0 aliphatic heterocycles. The van der Waals surface area contributed by atoms with Gasteiger partial charge in [0.2, 0.25) is 0 Å². The molecule has 0 radical (unpaired) electrons. The molecule has 94 valence electrons. The van der Waals surface area contributed by atoms with Crippen molar-refractivity contribution in [3.05, 3.63) is 63.9 Å². The largest absolute Gasteiger partial charge is 0.398 e. The lowest BCUT2D eigenvalue weighted by atomic mass is 9.99. The van der Waals surface area contributed by atoms with Crippen molar-refractivity contribution in [2.75, 3.05) is 5.73 Å². The Bertz CT molecular complexity index is 586. The van der Waals surface area contributed by atoms with E-state index in [0.29, 0.717) is 27.4 Å². The van der Waals surface area contributed by atoms with Gasteiger partial charge in [0.25, 0.3) is 0 Å². The lowest BCUT2D eigenvalue weighted by Gasteiger charge is -2.14. The van der Waals surface area contributed by atoms with Crippen molar-refractivity contribution >= 4 is 17.3 Å². The van der Waals surface area contributed by atoms with Gasteiger partial charge in [-0.1, -0.05) is 29.8 Å². The SMILES string of the molecule is Cc1ccc(C(O)c2ccc(Cl)cc2N)cc1F. The smallest absolute Gasteiger partial charge is 0.126 e. The van der Waals surface area contributed by atoms with E-state index < -0.39 is 6.10 Å². The van der Waals surface area contributed by atoms with E-state index in [2.05, 4.69) is 0 Å². The highest BCUT2D eigenvalue weighted by Gasteiger charge is 2.14. The van der Waals surface area contributed by atoms with Crippen LogP contribution in [-0.4, -0.2) is 5.11 Å². The topological polar surface area (TPSA) is 46.2 Å². The van der Waals surface area contributed by atoms with E-state index in [4.69, 9.17) is 17.3 Å². The fraction of sp³-hybridized carbons (Fsp3) is 0.143. The summed E-state index contributed by atoms with van der Waals surface area (Å²) in [7, 11) is 0. The van der Waals surface area contributed by atoms with E-state index in [0.717, 1.165) is 0 Å². The van der Waals surface area contributed by atoms with Gasteiger partial charge in [0, 0.05) is 16.3 Å². The van der Waals surface area contributed by atoms with Crippen LogP contribution in [0.3, 0.4) is 0 Å². The number of aliphatic hydroxyl groups is 1. The van der Waals surface area contributed by atoms with Gasteiger partial charge in [-0.05, 0) is 36.2 Å². The fourth-order valence-electron chi connectivity index (χ4n) is 1.75. The number of aryl methyl sites for hydroxylation is 1. The van der Waals surface area contributed by atoms with Crippen molar-refractivity contribution in [2.24, 2.45) is 0 Å². The van der Waals surface area contributed by atoms with Gasteiger partial charge in [-0.2, -0.15) is 0 Å². The van der Waals surface area contributed by atoms with E-state index >= 15 is 0 Å². The minimum Gasteiger partial charge on any atom is -0.398 e. The third-order valence-corrected chi connectivity index (χ3v) is 3.09. The standard InChI is InChI=1S/C14H13ClFNO/c1-8-2-3-9(6-12(8)16)14(18)11-5-4-10(15)7-13(11)17/h2-7,14,18H,17H2,1H3. The number of halogens is 2. The van der Waals surface area contributed by atoms with E-state index in [1.165, 1.54) is 6.07 Å². The van der Waals surface area contributed by atoms with Crippen molar-refractivity contribution in [1.82, 2.24) is 0 Å². The lowest BCUT2D eigenvalue weighted by molar-refractivity contribution is 0.220. The number of rotatable bonds is 2. The van der Waals surface area contributed by atoms with Crippen LogP contribution < -0.4 is 5.73 Å². The molecule has 0 amide bonds. The van der Waals surface area contributed by atoms with Crippen LogP contribution in [-0.2, 0) is 0 Å². The second-order valence-electron chi connectivity index (χ2n) is 4.18. The van der Waals surface area contributed by atoms with Gasteiger partial charge in [-0.3, -0.25) is 0 Å². The van der Waals surface area contributed by atoms with Gasteiger partial charge in [0.15, 0.2) is 0 Å². The van der Waals surface area contributed by atoms with Crippen LogP contribution >= 0.6 is 11.6 Å². The average Bonchev–Trinajstić information content (AvgIpc) is 2.32. The van der Waals surface area contributed by atoms with Crippen molar-refractivity contribution < 1.29 is 9.50 Å². The summed E-state index contributed by atoms with van der Waals surface area (Å²) < 4.78 is 13.5. The Kier molecular flexibility index (Phi) is 3.55. The molecular formula is C14H13ClFNO. The third kappa shape index (κ3) is 2.47. The van der Waals surface area contributed by atoms with Gasteiger partial charge >= 0.3 is 0 Å². The first-order valence-corrected chi connectivity index (χ1v) is 5.86. The van der Waals surface area contributed by atoms with Gasteiger partial charge < -0.3 is 10.8 Å². The maximum atomic E-state index is 13.5. The van der Waals surface area contributed by atoms with E-state index in [1.54, 1.807) is 37.3 Å². The molecule has 0 aliphatic rings. The molecule has 0 bridgehead atoms. The van der Waals surface area contributed by atoms with Crippen LogP contribution in [0.5, 0.6) is 0 Å². The number of anilines is 1. The van der Waals surface area contributed by atoms with Crippen molar-refractivity contribution in [1.29, 1.82) is 0 Å². The number of hydrogen-bond acceptors (Lipinski definition) is 2. The number of benzene rings is 2. The Labute approximate surface area is 110 Å². The van der Waals surface area contributed by atoms with Gasteiger partial charge in [0.05, 0.1) is 0 Å². The predicted molar refractivity (Wildman–Crippen MR) is 71.1 cm³/mol. The minimum absolute atomic E-state index is 0.348. The number of nitrogen functional groups attached to an aromatic ring is 1. The molecule has 0 saturated heterocycles. The van der Waals surface area contributed by atoms with Crippen LogP contribution in [0.15, 0.2) is 36.4 Å². The molecule has 1 unspecified atom stereocenters. The van der Waals surface area contributed by atoms with E-state index in [-0.39, 0.29) is 5.82 Å². The van der Waals surface area contributed by atoms with Gasteiger partial charge in [0.1, 0.15) is 11.9 Å². The fourth-order valence-corrected chi connectivity index (χ4v) is 1.93. The summed E-state index contributed by atoms with van der Waals surface area (Å²) in [4.78, 5) is 0. The second-order valence-corrected chi connectivity index (χ2v) is 4.62. The summed E-state index contributed by atoms with van der Waals surface area (Å²) in [6.45, 7) is 1.67. The summed E-state index contributed by atoms with van der Waals surface area (Å²) in [6.07, 6.45) is -0.961. The van der Waals surface area contributed by atoms with Crippen molar-refractivity contribution in [3.63, 3.8) is 0 Å².